The highest BCUT2D eigenvalue weighted by atomic mass is 14.9. The molecule has 1 saturated carbocycles. The van der Waals surface area contributed by atoms with E-state index in [-0.39, 0.29) is 0 Å². The molecule has 1 aliphatic rings. The molecule has 0 heterocycles. The van der Waals surface area contributed by atoms with E-state index < -0.39 is 0 Å². The van der Waals surface area contributed by atoms with Crippen molar-refractivity contribution in [3.63, 3.8) is 0 Å². The van der Waals surface area contributed by atoms with Gasteiger partial charge in [-0.2, -0.15) is 0 Å². The molecule has 118 valence electrons. The number of rotatable bonds is 6. The van der Waals surface area contributed by atoms with Gasteiger partial charge in [0.25, 0.3) is 0 Å². The van der Waals surface area contributed by atoms with Crippen LogP contribution in [0.25, 0.3) is 0 Å². The highest BCUT2D eigenvalue weighted by Gasteiger charge is 2.35. The summed E-state index contributed by atoms with van der Waals surface area (Å²) in [4.78, 5) is 0. The molecule has 0 spiro atoms. The van der Waals surface area contributed by atoms with E-state index in [0.29, 0.717) is 17.4 Å². The quantitative estimate of drug-likeness (QED) is 0.695. The summed E-state index contributed by atoms with van der Waals surface area (Å²) in [5.41, 5.74) is 3.35. The second-order valence-corrected chi connectivity index (χ2v) is 7.42. The Kier molecular flexibility index (Phi) is 5.87. The summed E-state index contributed by atoms with van der Waals surface area (Å²) in [5.74, 6) is 0.617. The van der Waals surface area contributed by atoms with Crippen molar-refractivity contribution < 1.29 is 0 Å². The van der Waals surface area contributed by atoms with E-state index in [1.807, 2.05) is 0 Å². The second-order valence-electron chi connectivity index (χ2n) is 7.42. The van der Waals surface area contributed by atoms with Gasteiger partial charge in [0, 0.05) is 6.04 Å². The molecule has 1 aromatic carbocycles. The lowest BCUT2D eigenvalue weighted by molar-refractivity contribution is 0.144. The Morgan fingerprint density at radius 3 is 2.10 bits per heavy atom. The molecule has 21 heavy (non-hydrogen) atoms. The van der Waals surface area contributed by atoms with Crippen LogP contribution < -0.4 is 5.32 Å². The minimum atomic E-state index is 0.423. The zero-order valence-electron chi connectivity index (χ0n) is 14.4. The van der Waals surface area contributed by atoms with Crippen LogP contribution in [0.5, 0.6) is 0 Å². The first kappa shape index (κ1) is 16.5. The fourth-order valence-corrected chi connectivity index (χ4v) is 3.78. The first-order valence-corrected chi connectivity index (χ1v) is 8.90. The molecule has 1 aromatic rings. The summed E-state index contributed by atoms with van der Waals surface area (Å²) in [5, 5.41) is 3.84. The third-order valence-corrected chi connectivity index (χ3v) is 5.23. The summed E-state index contributed by atoms with van der Waals surface area (Å²) < 4.78 is 0. The Balaban J connectivity index is 2.22. The monoisotopic (exact) mass is 287 g/mol. The summed E-state index contributed by atoms with van der Waals surface area (Å²) in [6, 6.07) is 9.89. The lowest BCUT2D eigenvalue weighted by Crippen LogP contribution is -2.38. The Morgan fingerprint density at radius 1 is 1.00 bits per heavy atom. The van der Waals surface area contributed by atoms with E-state index >= 15 is 0 Å². The van der Waals surface area contributed by atoms with Crippen LogP contribution in [0, 0.1) is 5.41 Å². The van der Waals surface area contributed by atoms with Crippen molar-refractivity contribution in [2.24, 2.45) is 5.41 Å². The number of nitrogens with one attached hydrogen (secondary N) is 1. The van der Waals surface area contributed by atoms with Crippen molar-refractivity contribution in [3.05, 3.63) is 35.4 Å². The summed E-state index contributed by atoms with van der Waals surface area (Å²) >= 11 is 0. The summed E-state index contributed by atoms with van der Waals surface area (Å²) in [6.07, 6.45) is 8.13. The van der Waals surface area contributed by atoms with Crippen molar-refractivity contribution >= 4 is 0 Å². The van der Waals surface area contributed by atoms with E-state index in [0.717, 1.165) is 6.54 Å². The first-order chi connectivity index (χ1) is 10.1. The average molecular weight is 287 g/mol. The van der Waals surface area contributed by atoms with Crippen molar-refractivity contribution in [1.29, 1.82) is 0 Å². The average Bonchev–Trinajstić information content (AvgIpc) is 2.48. The molecule has 2 rings (SSSR count). The molecular weight excluding hydrogens is 254 g/mol. The van der Waals surface area contributed by atoms with Gasteiger partial charge in [0.2, 0.25) is 0 Å². The molecule has 0 bridgehead atoms. The van der Waals surface area contributed by atoms with Crippen molar-refractivity contribution in [2.75, 3.05) is 6.54 Å². The van der Waals surface area contributed by atoms with Crippen molar-refractivity contribution in [2.45, 2.75) is 78.2 Å². The lowest BCUT2D eigenvalue weighted by atomic mass is 9.68. The van der Waals surface area contributed by atoms with Crippen molar-refractivity contribution in [1.82, 2.24) is 5.32 Å². The third kappa shape index (κ3) is 4.10. The van der Waals surface area contributed by atoms with Crippen LogP contribution in [0.4, 0.5) is 0 Å². The fraction of sp³-hybridized carbons (Fsp3) is 0.700. The number of hydrogen-bond donors (Lipinski definition) is 1. The van der Waals surface area contributed by atoms with Crippen LogP contribution in [-0.4, -0.2) is 6.54 Å². The Bertz CT molecular complexity index is 412. The van der Waals surface area contributed by atoms with Gasteiger partial charge in [-0.1, -0.05) is 71.2 Å². The van der Waals surface area contributed by atoms with Crippen LogP contribution >= 0.6 is 0 Å². The van der Waals surface area contributed by atoms with Crippen LogP contribution in [0.2, 0.25) is 0 Å². The molecular formula is C20H33N. The zero-order chi connectivity index (χ0) is 15.3. The largest absolute Gasteiger partial charge is 0.309 e. The van der Waals surface area contributed by atoms with Crippen LogP contribution in [-0.2, 0) is 0 Å². The van der Waals surface area contributed by atoms with Crippen LogP contribution in [0.3, 0.4) is 0 Å². The van der Waals surface area contributed by atoms with Gasteiger partial charge in [0.15, 0.2) is 0 Å². The molecule has 1 fully saturated rings. The van der Waals surface area contributed by atoms with Gasteiger partial charge in [0.1, 0.15) is 0 Å². The Morgan fingerprint density at radius 2 is 1.57 bits per heavy atom. The fourth-order valence-electron chi connectivity index (χ4n) is 3.78. The molecule has 0 aliphatic heterocycles. The Labute approximate surface area is 131 Å². The molecule has 1 nitrogen and oxygen atoms in total. The maximum absolute atomic E-state index is 3.84. The topological polar surface area (TPSA) is 12.0 Å². The lowest BCUT2D eigenvalue weighted by Gasteiger charge is -2.42. The molecule has 1 atom stereocenters. The predicted molar refractivity (Wildman–Crippen MR) is 92.8 cm³/mol. The molecule has 1 N–H and O–H groups in total. The van der Waals surface area contributed by atoms with Gasteiger partial charge in [0.05, 0.1) is 0 Å². The van der Waals surface area contributed by atoms with Gasteiger partial charge < -0.3 is 5.32 Å². The molecule has 0 radical (unpaired) electrons. The number of hydrogen-bond acceptors (Lipinski definition) is 1. The highest BCUT2D eigenvalue weighted by molar-refractivity contribution is 5.28. The second kappa shape index (κ2) is 7.45. The van der Waals surface area contributed by atoms with Gasteiger partial charge in [-0.25, -0.2) is 0 Å². The first-order valence-electron chi connectivity index (χ1n) is 8.90. The van der Waals surface area contributed by atoms with Crippen LogP contribution in [0.1, 0.15) is 89.3 Å². The molecule has 0 saturated heterocycles. The van der Waals surface area contributed by atoms with E-state index in [2.05, 4.69) is 57.3 Å². The van der Waals surface area contributed by atoms with E-state index in [4.69, 9.17) is 0 Å². The van der Waals surface area contributed by atoms with E-state index in [9.17, 15) is 0 Å². The van der Waals surface area contributed by atoms with E-state index in [1.54, 1.807) is 0 Å². The summed E-state index contributed by atoms with van der Waals surface area (Å²) in [7, 11) is 0. The van der Waals surface area contributed by atoms with Gasteiger partial charge in [-0.05, 0) is 48.3 Å². The molecule has 1 heteroatoms. The highest BCUT2D eigenvalue weighted by Crippen LogP contribution is 2.45. The number of benzene rings is 1. The van der Waals surface area contributed by atoms with E-state index in [1.165, 1.54) is 49.7 Å². The van der Waals surface area contributed by atoms with Gasteiger partial charge >= 0.3 is 0 Å². The molecule has 1 aliphatic carbocycles. The van der Waals surface area contributed by atoms with Gasteiger partial charge in [-0.3, -0.25) is 0 Å². The normalized spacial score (nSPS) is 19.7. The predicted octanol–water partition coefficient (Wildman–Crippen LogP) is 5.82. The Hall–Kier alpha value is -0.820. The summed E-state index contributed by atoms with van der Waals surface area (Å²) in [6.45, 7) is 10.4. The molecule has 0 aromatic heterocycles. The standard InChI is InChI=1S/C20H33N/c1-5-15-21-19(20(4)13-7-6-8-14-20)18-11-9-17(10-12-18)16(2)3/h9-12,16,19,21H,5-8,13-15H2,1-4H3. The smallest absolute Gasteiger partial charge is 0.0374 e. The molecule has 1 unspecified atom stereocenters. The van der Waals surface area contributed by atoms with Gasteiger partial charge in [-0.15, -0.1) is 0 Å². The third-order valence-electron chi connectivity index (χ3n) is 5.23. The minimum absolute atomic E-state index is 0.423. The molecule has 0 amide bonds. The maximum atomic E-state index is 3.84. The van der Waals surface area contributed by atoms with Crippen molar-refractivity contribution in [3.8, 4) is 0 Å². The SMILES string of the molecule is CCCNC(c1ccc(C(C)C)cc1)C1(C)CCCCC1. The zero-order valence-corrected chi connectivity index (χ0v) is 14.4. The maximum Gasteiger partial charge on any atom is 0.0374 e. The van der Waals surface area contributed by atoms with Crippen LogP contribution in [0.15, 0.2) is 24.3 Å². The minimum Gasteiger partial charge on any atom is -0.309 e.